The quantitative estimate of drug-likeness (QED) is 0.0325. The first-order valence-electron chi connectivity index (χ1n) is 32.3. The van der Waals surface area contributed by atoms with E-state index in [1.54, 1.807) is 0 Å². The maximum absolute atomic E-state index is 12.7. The molecule has 4 amide bonds. The van der Waals surface area contributed by atoms with Gasteiger partial charge < -0.3 is 66.0 Å². The van der Waals surface area contributed by atoms with Crippen LogP contribution in [-0.2, 0) is 82.9 Å². The van der Waals surface area contributed by atoms with E-state index in [4.69, 9.17) is 24.1 Å². The second-order valence-electron chi connectivity index (χ2n) is 22.9. The van der Waals surface area contributed by atoms with Crippen molar-refractivity contribution in [3.8, 4) is 0 Å². The summed E-state index contributed by atoms with van der Waals surface area (Å²) in [5.74, 6) is -8.80. The number of aliphatic carboxylic acids is 4. The average molecular weight is 1280 g/mol. The Bertz CT molecular complexity index is 2270. The van der Waals surface area contributed by atoms with Crippen molar-refractivity contribution >= 4 is 70.6 Å². The number of carboxylic acid groups (broad SMARTS) is 4. The van der Waals surface area contributed by atoms with Gasteiger partial charge in [0.15, 0.2) is 5.78 Å². The van der Waals surface area contributed by atoms with E-state index in [0.29, 0.717) is 38.5 Å². The van der Waals surface area contributed by atoms with Crippen LogP contribution in [0.5, 0.6) is 0 Å². The third-order valence-corrected chi connectivity index (χ3v) is 15.0. The molecule has 0 bridgehead atoms. The normalized spacial score (nSPS) is 12.8. The van der Waals surface area contributed by atoms with E-state index in [1.165, 1.54) is 39.0 Å². The average Bonchev–Trinajstić information content (AvgIpc) is 3.34. The van der Waals surface area contributed by atoms with Gasteiger partial charge >= 0.3 is 23.9 Å². The van der Waals surface area contributed by atoms with Crippen molar-refractivity contribution in [1.29, 1.82) is 0 Å². The zero-order valence-electron chi connectivity index (χ0n) is 53.4. The molecule has 9 N–H and O–H groups in total. The Hall–Kier alpha value is -6.54. The number of Topliss-reactive ketones (excluding diaryl/α,β-unsaturated/α-hetero) is 4. The molecule has 0 heterocycles. The fourth-order valence-electron chi connectivity index (χ4n) is 9.58. The van der Waals surface area contributed by atoms with Gasteiger partial charge in [0.05, 0.1) is 51.5 Å². The van der Waals surface area contributed by atoms with E-state index in [0.717, 1.165) is 56.9 Å². The standard InChI is InChI=1S/C65H105N5O20/c1-48(43-50-23-16-15-17-24-50)57(74)45-68-54(49(2)71)26-20-21-35-66-58(75)33-29-51(63(81)82)44-52(72)30-31-55(64(83)84)70-61(78)47-90-42-39-87-37-22-25-53(73)46-89-41-40-88-38-36-67-59(76)34-32-56(65(85)86)69-60(77)27-18-13-11-9-7-5-3-4-6-8-10-12-14-19-28-62(79)80/h15-17,23-24,48,51,54-56,68H,3-14,18-22,25-47H2,1-2H3,(H,66,75)(H,67,76)(H,69,77)(H,70,78)(H,79,80)(H,81,82)(H,83,84)(H,85,86)/t48-,51-,54?,55+,56+/m1/s1. The van der Waals surface area contributed by atoms with Crippen LogP contribution in [0.1, 0.15) is 199 Å². The molecule has 0 saturated carbocycles. The van der Waals surface area contributed by atoms with Crippen molar-refractivity contribution in [2.24, 2.45) is 11.8 Å². The summed E-state index contributed by atoms with van der Waals surface area (Å²) in [6, 6.07) is 6.51. The molecule has 510 valence electrons. The SMILES string of the molecule is CC(=O)C(CCCCNC(=O)CC[C@H](CC(=O)CC[C@H](NC(=O)COCCOCCCC(=O)COCCOCCNC(=O)CC[C@H](NC(=O)CCCCCCCCCCCCCCCCC(=O)O)C(=O)O)C(=O)O)C(=O)O)NCC(=O)[C@H](C)Cc1ccccc1. The van der Waals surface area contributed by atoms with Crippen molar-refractivity contribution in [2.45, 2.75) is 218 Å². The van der Waals surface area contributed by atoms with Crippen LogP contribution in [0.25, 0.3) is 0 Å². The molecule has 0 aliphatic carbocycles. The maximum Gasteiger partial charge on any atom is 0.326 e. The molecule has 0 fully saturated rings. The predicted molar refractivity (Wildman–Crippen MR) is 333 cm³/mol. The van der Waals surface area contributed by atoms with Gasteiger partial charge in [-0.05, 0) is 76.7 Å². The Balaban J connectivity index is 2.10. The summed E-state index contributed by atoms with van der Waals surface area (Å²) in [5, 5.41) is 50.8. The monoisotopic (exact) mass is 1280 g/mol. The number of nitrogens with one attached hydrogen (secondary N) is 5. The van der Waals surface area contributed by atoms with Gasteiger partial charge in [-0.1, -0.05) is 114 Å². The van der Waals surface area contributed by atoms with Crippen molar-refractivity contribution < 1.29 is 96.9 Å². The van der Waals surface area contributed by atoms with Crippen LogP contribution in [0, 0.1) is 11.8 Å². The number of ether oxygens (including phenoxy) is 4. The zero-order chi connectivity index (χ0) is 66.6. The molecule has 0 saturated heterocycles. The Morgan fingerprint density at radius 1 is 0.433 bits per heavy atom. The molecule has 0 aliphatic heterocycles. The summed E-state index contributed by atoms with van der Waals surface area (Å²) in [5.41, 5.74) is 1.05. The third kappa shape index (κ3) is 46.5. The van der Waals surface area contributed by atoms with E-state index >= 15 is 0 Å². The summed E-state index contributed by atoms with van der Waals surface area (Å²) in [6.45, 7) is 3.88. The minimum absolute atomic E-state index is 0.000585. The number of hydrogen-bond donors (Lipinski definition) is 9. The summed E-state index contributed by atoms with van der Waals surface area (Å²) in [6.07, 6.45) is 16.4. The molecule has 1 rings (SSSR count). The fourth-order valence-corrected chi connectivity index (χ4v) is 9.58. The Morgan fingerprint density at radius 3 is 1.51 bits per heavy atom. The van der Waals surface area contributed by atoms with Gasteiger partial charge in [-0.25, -0.2) is 9.59 Å². The van der Waals surface area contributed by atoms with Gasteiger partial charge in [0.2, 0.25) is 23.6 Å². The van der Waals surface area contributed by atoms with Crippen molar-refractivity contribution in [3.05, 3.63) is 35.9 Å². The highest BCUT2D eigenvalue weighted by molar-refractivity contribution is 5.88. The second-order valence-corrected chi connectivity index (χ2v) is 22.9. The first-order chi connectivity index (χ1) is 43.2. The molecular weight excluding hydrogens is 1170 g/mol. The van der Waals surface area contributed by atoms with E-state index in [9.17, 15) is 72.9 Å². The van der Waals surface area contributed by atoms with Crippen molar-refractivity contribution in [2.75, 3.05) is 72.5 Å². The lowest BCUT2D eigenvalue weighted by atomic mass is 9.94. The number of unbranched alkanes of at least 4 members (excludes halogenated alkanes) is 14. The largest absolute Gasteiger partial charge is 0.481 e. The molecule has 0 aromatic heterocycles. The molecule has 25 nitrogen and oxygen atoms in total. The maximum atomic E-state index is 12.7. The first-order valence-corrected chi connectivity index (χ1v) is 32.3. The Labute approximate surface area is 530 Å². The lowest BCUT2D eigenvalue weighted by Gasteiger charge is -2.17. The number of hydrogen-bond acceptors (Lipinski definition) is 17. The number of ketones is 4. The second kappa shape index (κ2) is 53.2. The smallest absolute Gasteiger partial charge is 0.326 e. The molecule has 25 heteroatoms. The van der Waals surface area contributed by atoms with Crippen LogP contribution >= 0.6 is 0 Å². The number of benzene rings is 1. The van der Waals surface area contributed by atoms with Crippen LogP contribution < -0.4 is 26.6 Å². The molecule has 90 heavy (non-hydrogen) atoms. The highest BCUT2D eigenvalue weighted by Gasteiger charge is 2.26. The number of carboxylic acids is 4. The van der Waals surface area contributed by atoms with Gasteiger partial charge in [0, 0.05) is 70.6 Å². The molecule has 0 spiro atoms. The number of rotatable bonds is 62. The molecule has 0 aliphatic rings. The molecule has 0 radical (unpaired) electrons. The first kappa shape index (κ1) is 81.5. The van der Waals surface area contributed by atoms with Gasteiger partial charge in [-0.15, -0.1) is 0 Å². The van der Waals surface area contributed by atoms with E-state index < -0.39 is 78.5 Å². The fraction of sp³-hybridized carbons (Fsp3) is 0.723. The third-order valence-electron chi connectivity index (χ3n) is 15.0. The molecular formula is C65H105N5O20. The Morgan fingerprint density at radius 2 is 0.944 bits per heavy atom. The predicted octanol–water partition coefficient (Wildman–Crippen LogP) is 6.27. The van der Waals surface area contributed by atoms with Crippen LogP contribution in [0.15, 0.2) is 30.3 Å². The van der Waals surface area contributed by atoms with Crippen LogP contribution in [0.4, 0.5) is 0 Å². The highest BCUT2D eigenvalue weighted by Crippen LogP contribution is 2.17. The minimum atomic E-state index is -1.45. The molecule has 1 aromatic carbocycles. The summed E-state index contributed by atoms with van der Waals surface area (Å²) in [4.78, 5) is 146. The van der Waals surface area contributed by atoms with Crippen LogP contribution in [-0.4, -0.2) is 182 Å². The van der Waals surface area contributed by atoms with Crippen LogP contribution in [0.2, 0.25) is 0 Å². The Kier molecular flexibility index (Phi) is 48.1. The number of amides is 4. The zero-order valence-corrected chi connectivity index (χ0v) is 53.4. The van der Waals surface area contributed by atoms with Gasteiger partial charge in [0.25, 0.3) is 0 Å². The van der Waals surface area contributed by atoms with Gasteiger partial charge in [-0.2, -0.15) is 0 Å². The number of carbonyl (C=O) groups excluding carboxylic acids is 8. The minimum Gasteiger partial charge on any atom is -0.481 e. The van der Waals surface area contributed by atoms with Crippen LogP contribution in [0.3, 0.4) is 0 Å². The summed E-state index contributed by atoms with van der Waals surface area (Å²) < 4.78 is 21.5. The number of carbonyl (C=O) groups is 12. The van der Waals surface area contributed by atoms with Crippen molar-refractivity contribution in [3.63, 3.8) is 0 Å². The highest BCUT2D eigenvalue weighted by atomic mass is 16.5. The molecule has 1 aromatic rings. The summed E-state index contributed by atoms with van der Waals surface area (Å²) >= 11 is 0. The topological polar surface area (TPSA) is 383 Å². The molecule has 5 atom stereocenters. The van der Waals surface area contributed by atoms with Gasteiger partial charge in [0.1, 0.15) is 42.6 Å². The molecule has 1 unspecified atom stereocenters. The lowest BCUT2D eigenvalue weighted by molar-refractivity contribution is -0.145. The van der Waals surface area contributed by atoms with Crippen molar-refractivity contribution in [1.82, 2.24) is 26.6 Å². The summed E-state index contributed by atoms with van der Waals surface area (Å²) in [7, 11) is 0. The van der Waals surface area contributed by atoms with E-state index in [2.05, 4.69) is 26.6 Å². The van der Waals surface area contributed by atoms with E-state index in [-0.39, 0.29) is 159 Å². The van der Waals surface area contributed by atoms with Gasteiger partial charge in [-0.3, -0.25) is 47.9 Å². The van der Waals surface area contributed by atoms with E-state index in [1.807, 2.05) is 37.3 Å². The lowest BCUT2D eigenvalue weighted by Crippen LogP contribution is -2.42.